The van der Waals surface area contributed by atoms with E-state index in [2.05, 4.69) is 5.32 Å². The van der Waals surface area contributed by atoms with E-state index in [0.717, 1.165) is 0 Å². The molecule has 0 aliphatic rings. The third-order valence-electron chi connectivity index (χ3n) is 3.43. The molecule has 0 radical (unpaired) electrons. The lowest BCUT2D eigenvalue weighted by Gasteiger charge is -2.24. The smallest absolute Gasteiger partial charge is 0.311 e. The molecular formula is C15H20ClNO4. The normalized spacial score (nSPS) is 14.9. The molecule has 2 N–H and O–H groups in total. The summed E-state index contributed by atoms with van der Waals surface area (Å²) in [6.07, 6.45) is -0.315. The van der Waals surface area contributed by atoms with Crippen LogP contribution >= 0.6 is 11.6 Å². The number of aliphatic carboxylic acids is 1. The fourth-order valence-corrected chi connectivity index (χ4v) is 1.76. The maximum Gasteiger partial charge on any atom is 0.311 e. The second-order valence-electron chi connectivity index (χ2n) is 5.15. The van der Waals surface area contributed by atoms with Crippen LogP contribution in [0.3, 0.4) is 0 Å². The molecule has 0 aromatic heterocycles. The molecule has 1 rings (SSSR count). The molecule has 1 aromatic rings. The predicted octanol–water partition coefficient (Wildman–Crippen LogP) is 2.72. The molecule has 0 spiro atoms. The van der Waals surface area contributed by atoms with Gasteiger partial charge in [0.25, 0.3) is 5.91 Å². The van der Waals surface area contributed by atoms with Crippen molar-refractivity contribution in [3.8, 4) is 5.75 Å². The highest BCUT2D eigenvalue weighted by Gasteiger charge is 2.32. The van der Waals surface area contributed by atoms with E-state index in [-0.39, 0.29) is 12.5 Å². The Bertz CT molecular complexity index is 520. The average Bonchev–Trinajstić information content (AvgIpc) is 2.44. The quantitative estimate of drug-likeness (QED) is 0.811. The van der Waals surface area contributed by atoms with Crippen LogP contribution in [0.5, 0.6) is 5.75 Å². The number of carbonyl (C=O) groups excluding carboxylic acids is 1. The summed E-state index contributed by atoms with van der Waals surface area (Å²) in [5, 5.41) is 12.3. The van der Waals surface area contributed by atoms with Crippen molar-refractivity contribution >= 4 is 23.5 Å². The summed E-state index contributed by atoms with van der Waals surface area (Å²) in [6, 6.07) is 6.74. The number of nitrogens with one attached hydrogen (secondary N) is 1. The van der Waals surface area contributed by atoms with Crippen molar-refractivity contribution in [3.05, 3.63) is 29.3 Å². The number of rotatable bonds is 7. The maximum absolute atomic E-state index is 12.0. The van der Waals surface area contributed by atoms with Gasteiger partial charge in [0.05, 0.1) is 5.41 Å². The molecule has 2 atom stereocenters. The van der Waals surface area contributed by atoms with Crippen molar-refractivity contribution in [2.45, 2.75) is 33.3 Å². The summed E-state index contributed by atoms with van der Waals surface area (Å²) in [5.41, 5.74) is -0.981. The molecule has 21 heavy (non-hydrogen) atoms. The van der Waals surface area contributed by atoms with Crippen LogP contribution in [0.4, 0.5) is 0 Å². The SMILES string of the molecule is CCC(C)(CNC(=O)C(C)Oc1cccc(Cl)c1)C(=O)O. The third-order valence-corrected chi connectivity index (χ3v) is 3.66. The van der Waals surface area contributed by atoms with Crippen molar-refractivity contribution in [1.82, 2.24) is 5.32 Å². The summed E-state index contributed by atoms with van der Waals surface area (Å²) < 4.78 is 5.47. The first-order chi connectivity index (χ1) is 9.78. The molecule has 2 unspecified atom stereocenters. The standard InChI is InChI=1S/C15H20ClNO4/c1-4-15(3,14(19)20)9-17-13(18)10(2)21-12-7-5-6-11(16)8-12/h5-8,10H,4,9H2,1-3H3,(H,17,18)(H,19,20). The molecule has 5 nitrogen and oxygen atoms in total. The Balaban J connectivity index is 2.57. The first-order valence-corrected chi connectivity index (χ1v) is 7.09. The van der Waals surface area contributed by atoms with Crippen LogP contribution in [0.2, 0.25) is 5.02 Å². The lowest BCUT2D eigenvalue weighted by Crippen LogP contribution is -2.44. The Morgan fingerprint density at radius 1 is 1.48 bits per heavy atom. The molecule has 0 aliphatic carbocycles. The van der Waals surface area contributed by atoms with Crippen LogP contribution in [0, 0.1) is 5.41 Å². The third kappa shape index (κ3) is 4.93. The Hall–Kier alpha value is -1.75. The van der Waals surface area contributed by atoms with Crippen LogP contribution in [-0.2, 0) is 9.59 Å². The predicted molar refractivity (Wildman–Crippen MR) is 80.6 cm³/mol. The number of benzene rings is 1. The Kier molecular flexibility index (Phi) is 6.03. The van der Waals surface area contributed by atoms with E-state index in [1.165, 1.54) is 0 Å². The highest BCUT2D eigenvalue weighted by atomic mass is 35.5. The highest BCUT2D eigenvalue weighted by molar-refractivity contribution is 6.30. The van der Waals surface area contributed by atoms with Crippen molar-refractivity contribution < 1.29 is 19.4 Å². The number of amides is 1. The van der Waals surface area contributed by atoms with Gasteiger partial charge in [-0.05, 0) is 38.5 Å². The number of carbonyl (C=O) groups is 2. The second kappa shape index (κ2) is 7.31. The van der Waals surface area contributed by atoms with Crippen molar-refractivity contribution in [2.75, 3.05) is 6.54 Å². The van der Waals surface area contributed by atoms with Gasteiger partial charge in [0.1, 0.15) is 5.75 Å². The molecule has 0 aliphatic heterocycles. The van der Waals surface area contributed by atoms with Gasteiger partial charge in [-0.15, -0.1) is 0 Å². The number of carboxylic acid groups (broad SMARTS) is 1. The molecule has 0 saturated carbocycles. The van der Waals surface area contributed by atoms with Gasteiger partial charge in [-0.2, -0.15) is 0 Å². The van der Waals surface area contributed by atoms with Gasteiger partial charge < -0.3 is 15.2 Å². The monoisotopic (exact) mass is 313 g/mol. The van der Waals surface area contributed by atoms with E-state index in [4.69, 9.17) is 21.4 Å². The fourth-order valence-electron chi connectivity index (χ4n) is 1.58. The minimum absolute atomic E-state index is 0.0565. The number of carboxylic acids is 1. The zero-order chi connectivity index (χ0) is 16.0. The van der Waals surface area contributed by atoms with Gasteiger partial charge in [0.2, 0.25) is 0 Å². The lowest BCUT2D eigenvalue weighted by molar-refractivity contribution is -0.148. The summed E-state index contributed by atoms with van der Waals surface area (Å²) in [4.78, 5) is 23.1. The first kappa shape index (κ1) is 17.3. The van der Waals surface area contributed by atoms with Crippen LogP contribution in [0.15, 0.2) is 24.3 Å². The number of hydrogen-bond donors (Lipinski definition) is 2. The molecule has 1 aromatic carbocycles. The number of hydrogen-bond acceptors (Lipinski definition) is 3. The summed E-state index contributed by atoms with van der Waals surface area (Å²) in [7, 11) is 0. The van der Waals surface area contributed by atoms with Gasteiger partial charge in [-0.1, -0.05) is 24.6 Å². The van der Waals surface area contributed by atoms with E-state index in [9.17, 15) is 9.59 Å². The molecule has 0 heterocycles. The topological polar surface area (TPSA) is 75.6 Å². The minimum atomic E-state index is -0.981. The van der Waals surface area contributed by atoms with E-state index >= 15 is 0 Å². The van der Waals surface area contributed by atoms with E-state index in [1.54, 1.807) is 45.0 Å². The average molecular weight is 314 g/mol. The molecule has 0 bridgehead atoms. The van der Waals surface area contributed by atoms with Crippen LogP contribution < -0.4 is 10.1 Å². The van der Waals surface area contributed by atoms with Gasteiger partial charge in [-0.3, -0.25) is 9.59 Å². The highest BCUT2D eigenvalue weighted by Crippen LogP contribution is 2.21. The summed E-state index contributed by atoms with van der Waals surface area (Å²) in [6.45, 7) is 5.02. The van der Waals surface area contributed by atoms with Crippen LogP contribution in [-0.4, -0.2) is 29.6 Å². The van der Waals surface area contributed by atoms with Crippen LogP contribution in [0.25, 0.3) is 0 Å². The summed E-state index contributed by atoms with van der Waals surface area (Å²) >= 11 is 5.84. The molecule has 0 saturated heterocycles. The van der Waals surface area contributed by atoms with E-state index in [1.807, 2.05) is 0 Å². The molecular weight excluding hydrogens is 294 g/mol. The van der Waals surface area contributed by atoms with Gasteiger partial charge >= 0.3 is 5.97 Å². The first-order valence-electron chi connectivity index (χ1n) is 6.72. The lowest BCUT2D eigenvalue weighted by atomic mass is 9.87. The van der Waals surface area contributed by atoms with E-state index in [0.29, 0.717) is 17.2 Å². The van der Waals surface area contributed by atoms with Crippen molar-refractivity contribution in [3.63, 3.8) is 0 Å². The molecule has 6 heteroatoms. The zero-order valence-corrected chi connectivity index (χ0v) is 13.1. The van der Waals surface area contributed by atoms with Crippen molar-refractivity contribution in [1.29, 1.82) is 0 Å². The molecule has 1 amide bonds. The minimum Gasteiger partial charge on any atom is -0.481 e. The van der Waals surface area contributed by atoms with E-state index < -0.39 is 17.5 Å². The Labute approximate surface area is 129 Å². The van der Waals surface area contributed by atoms with Gasteiger partial charge in [0.15, 0.2) is 6.10 Å². The number of ether oxygens (including phenoxy) is 1. The molecule has 0 fully saturated rings. The maximum atomic E-state index is 12.0. The van der Waals surface area contributed by atoms with Crippen LogP contribution in [0.1, 0.15) is 27.2 Å². The second-order valence-corrected chi connectivity index (χ2v) is 5.59. The zero-order valence-electron chi connectivity index (χ0n) is 12.4. The van der Waals surface area contributed by atoms with Gasteiger partial charge in [-0.25, -0.2) is 0 Å². The van der Waals surface area contributed by atoms with Crippen molar-refractivity contribution in [2.24, 2.45) is 5.41 Å². The number of halogens is 1. The molecule has 116 valence electrons. The fraction of sp³-hybridized carbons (Fsp3) is 0.467. The Morgan fingerprint density at radius 3 is 2.67 bits per heavy atom. The Morgan fingerprint density at radius 2 is 2.14 bits per heavy atom. The summed E-state index contributed by atoms with van der Waals surface area (Å²) in [5.74, 6) is -0.814. The largest absolute Gasteiger partial charge is 0.481 e. The van der Waals surface area contributed by atoms with Gasteiger partial charge in [0, 0.05) is 11.6 Å².